The number of hydrogen-bond donors (Lipinski definition) is 0. The number of rotatable bonds is 4. The van der Waals surface area contributed by atoms with Crippen molar-refractivity contribution < 1.29 is 23.0 Å². The molecular weight excluding hydrogens is 194 g/mol. The number of benzene rings is 1. The molecule has 0 unspecified atom stereocenters. The van der Waals surface area contributed by atoms with E-state index in [0.717, 1.165) is 6.07 Å². The quantitative estimate of drug-likeness (QED) is 0.752. The van der Waals surface area contributed by atoms with Crippen LogP contribution in [0.2, 0.25) is 0 Å². The Morgan fingerprint density at radius 1 is 1.14 bits per heavy atom. The van der Waals surface area contributed by atoms with Gasteiger partial charge < -0.3 is 14.2 Å². The zero-order valence-corrected chi connectivity index (χ0v) is 7.84. The maximum atomic E-state index is 13.1. The first-order chi connectivity index (χ1) is 6.74. The molecule has 0 saturated heterocycles. The van der Waals surface area contributed by atoms with Crippen molar-refractivity contribution in [3.05, 3.63) is 17.9 Å². The molecule has 0 fully saturated rings. The fraction of sp³-hybridized carbons (Fsp3) is 0.333. The van der Waals surface area contributed by atoms with E-state index in [0.29, 0.717) is 0 Å². The smallest absolute Gasteiger partial charge is 0.228 e. The molecule has 0 amide bonds. The van der Waals surface area contributed by atoms with E-state index in [2.05, 4.69) is 4.74 Å². The number of methoxy groups -OCH3 is 2. The fourth-order valence-electron chi connectivity index (χ4n) is 1.06. The van der Waals surface area contributed by atoms with Crippen molar-refractivity contribution in [2.45, 2.75) is 0 Å². The summed E-state index contributed by atoms with van der Waals surface area (Å²) in [6.07, 6.45) is 0. The monoisotopic (exact) mass is 204 g/mol. The molecule has 1 aromatic carbocycles. The molecule has 0 aliphatic rings. The van der Waals surface area contributed by atoms with Gasteiger partial charge in [-0.25, -0.2) is 8.78 Å². The zero-order valence-electron chi connectivity index (χ0n) is 7.84. The minimum atomic E-state index is -1.12. The molecule has 1 aromatic rings. The first kappa shape index (κ1) is 10.6. The van der Waals surface area contributed by atoms with Gasteiger partial charge in [0.2, 0.25) is 18.4 Å². The van der Waals surface area contributed by atoms with Crippen molar-refractivity contribution in [3.63, 3.8) is 0 Å². The van der Waals surface area contributed by atoms with Gasteiger partial charge in [-0.05, 0) is 12.1 Å². The summed E-state index contributed by atoms with van der Waals surface area (Å²) in [5.74, 6) is -0.642. The number of alkyl halides is 1. The summed E-state index contributed by atoms with van der Waals surface area (Å²) in [7, 11) is 2.72. The second-order valence-corrected chi connectivity index (χ2v) is 2.37. The predicted molar refractivity (Wildman–Crippen MR) is 46.1 cm³/mol. The van der Waals surface area contributed by atoms with E-state index in [1.807, 2.05) is 0 Å². The van der Waals surface area contributed by atoms with Crippen molar-refractivity contribution in [2.24, 2.45) is 0 Å². The van der Waals surface area contributed by atoms with Gasteiger partial charge in [-0.3, -0.25) is 0 Å². The van der Waals surface area contributed by atoms with Crippen LogP contribution in [0.5, 0.6) is 17.2 Å². The van der Waals surface area contributed by atoms with Crippen LogP contribution in [0.1, 0.15) is 0 Å². The molecule has 0 atom stereocenters. The molecule has 78 valence electrons. The van der Waals surface area contributed by atoms with Crippen LogP contribution in [-0.2, 0) is 0 Å². The third-order valence-corrected chi connectivity index (χ3v) is 1.65. The Hall–Kier alpha value is -1.52. The van der Waals surface area contributed by atoms with E-state index in [9.17, 15) is 8.78 Å². The maximum Gasteiger partial charge on any atom is 0.228 e. The van der Waals surface area contributed by atoms with Crippen LogP contribution in [0.25, 0.3) is 0 Å². The van der Waals surface area contributed by atoms with E-state index in [-0.39, 0.29) is 17.2 Å². The third kappa shape index (κ3) is 1.86. The lowest BCUT2D eigenvalue weighted by Gasteiger charge is -2.12. The van der Waals surface area contributed by atoms with Crippen LogP contribution in [0.15, 0.2) is 12.1 Å². The van der Waals surface area contributed by atoms with Gasteiger partial charge in [-0.2, -0.15) is 0 Å². The molecule has 0 saturated carbocycles. The van der Waals surface area contributed by atoms with Gasteiger partial charge in [-0.15, -0.1) is 0 Å². The van der Waals surface area contributed by atoms with E-state index >= 15 is 0 Å². The molecule has 0 bridgehead atoms. The molecule has 0 N–H and O–H groups in total. The second kappa shape index (κ2) is 4.64. The van der Waals surface area contributed by atoms with Gasteiger partial charge in [0.05, 0.1) is 14.2 Å². The van der Waals surface area contributed by atoms with Crippen molar-refractivity contribution >= 4 is 0 Å². The van der Waals surface area contributed by atoms with Gasteiger partial charge in [0.1, 0.15) is 0 Å². The van der Waals surface area contributed by atoms with Crippen LogP contribution >= 0.6 is 0 Å². The number of hydrogen-bond acceptors (Lipinski definition) is 3. The van der Waals surface area contributed by atoms with E-state index < -0.39 is 12.7 Å². The largest absolute Gasteiger partial charge is 0.493 e. The Labute approximate surface area is 80.2 Å². The standard InChI is InChI=1S/C9H10F2O3/c1-12-7-4-3-6(11)8(14-5-10)9(7)13-2/h3-4H,5H2,1-2H3. The molecule has 3 nitrogen and oxygen atoms in total. The summed E-state index contributed by atoms with van der Waals surface area (Å²) in [6, 6.07) is 2.49. The molecule has 1 rings (SSSR count). The molecule has 14 heavy (non-hydrogen) atoms. The summed E-state index contributed by atoms with van der Waals surface area (Å²) in [4.78, 5) is 0. The molecule has 0 aliphatic carbocycles. The lowest BCUT2D eigenvalue weighted by atomic mass is 10.3. The average molecular weight is 204 g/mol. The van der Waals surface area contributed by atoms with Crippen molar-refractivity contribution in [1.29, 1.82) is 0 Å². The Bertz CT molecular complexity index is 315. The molecule has 0 heterocycles. The summed E-state index contributed by atoms with van der Waals surface area (Å²) in [6.45, 7) is -1.12. The van der Waals surface area contributed by atoms with Gasteiger partial charge in [0, 0.05) is 0 Å². The average Bonchev–Trinajstić information content (AvgIpc) is 2.21. The van der Waals surface area contributed by atoms with Crippen LogP contribution < -0.4 is 14.2 Å². The van der Waals surface area contributed by atoms with E-state index in [1.54, 1.807) is 0 Å². The Morgan fingerprint density at radius 2 is 1.86 bits per heavy atom. The molecular formula is C9H10F2O3. The van der Waals surface area contributed by atoms with Crippen molar-refractivity contribution in [1.82, 2.24) is 0 Å². The number of ether oxygens (including phenoxy) is 3. The Balaban J connectivity index is 3.20. The molecule has 0 aliphatic heterocycles. The lowest BCUT2D eigenvalue weighted by Crippen LogP contribution is -1.99. The van der Waals surface area contributed by atoms with Crippen LogP contribution in [0.4, 0.5) is 8.78 Å². The van der Waals surface area contributed by atoms with Crippen molar-refractivity contribution in [2.75, 3.05) is 21.1 Å². The van der Waals surface area contributed by atoms with Crippen LogP contribution in [-0.4, -0.2) is 21.1 Å². The van der Waals surface area contributed by atoms with E-state index in [4.69, 9.17) is 9.47 Å². The normalized spacial score (nSPS) is 9.71. The molecule has 5 heteroatoms. The zero-order chi connectivity index (χ0) is 10.6. The van der Waals surface area contributed by atoms with Gasteiger partial charge in [0.15, 0.2) is 11.6 Å². The van der Waals surface area contributed by atoms with Crippen LogP contribution in [0, 0.1) is 5.82 Å². The SMILES string of the molecule is COc1ccc(F)c(OCF)c1OC. The summed E-state index contributed by atoms with van der Waals surface area (Å²) >= 11 is 0. The van der Waals surface area contributed by atoms with Gasteiger partial charge >= 0.3 is 0 Å². The highest BCUT2D eigenvalue weighted by Crippen LogP contribution is 2.38. The van der Waals surface area contributed by atoms with Gasteiger partial charge in [0.25, 0.3) is 0 Å². The Morgan fingerprint density at radius 3 is 2.36 bits per heavy atom. The summed E-state index contributed by atoms with van der Waals surface area (Å²) < 4.78 is 39.2. The first-order valence-electron chi connectivity index (χ1n) is 3.83. The molecule has 0 spiro atoms. The highest BCUT2D eigenvalue weighted by atomic mass is 19.1. The Kier molecular flexibility index (Phi) is 3.50. The minimum absolute atomic E-state index is 0.0464. The summed E-state index contributed by atoms with van der Waals surface area (Å²) in [5, 5.41) is 0. The lowest BCUT2D eigenvalue weighted by molar-refractivity contribution is 0.175. The van der Waals surface area contributed by atoms with E-state index in [1.165, 1.54) is 20.3 Å². The first-order valence-corrected chi connectivity index (χ1v) is 3.83. The number of halogens is 2. The maximum absolute atomic E-state index is 13.1. The third-order valence-electron chi connectivity index (χ3n) is 1.65. The highest BCUT2D eigenvalue weighted by molar-refractivity contribution is 5.51. The van der Waals surface area contributed by atoms with Crippen molar-refractivity contribution in [3.8, 4) is 17.2 Å². The molecule has 0 radical (unpaired) electrons. The topological polar surface area (TPSA) is 27.7 Å². The predicted octanol–water partition coefficient (Wildman–Crippen LogP) is 2.15. The second-order valence-electron chi connectivity index (χ2n) is 2.37. The fourth-order valence-corrected chi connectivity index (χ4v) is 1.06. The summed E-state index contributed by atoms with van der Waals surface area (Å²) in [5.41, 5.74) is 0. The van der Waals surface area contributed by atoms with Gasteiger partial charge in [-0.1, -0.05) is 0 Å². The molecule has 0 aromatic heterocycles. The highest BCUT2D eigenvalue weighted by Gasteiger charge is 2.16. The van der Waals surface area contributed by atoms with Crippen LogP contribution in [0.3, 0.4) is 0 Å². The minimum Gasteiger partial charge on any atom is -0.493 e.